The summed E-state index contributed by atoms with van der Waals surface area (Å²) < 4.78 is 19.1. The minimum absolute atomic E-state index is 0.360. The van der Waals surface area contributed by atoms with Crippen molar-refractivity contribution in [3.8, 4) is 0 Å². The van der Waals surface area contributed by atoms with E-state index in [1.807, 2.05) is 53.2 Å². The Morgan fingerprint density at radius 3 is 2.00 bits per heavy atom. The molecule has 0 aromatic carbocycles. The SMILES string of the molecule is COC(=O)c1c(B2OC(C)(C)C(C)(C)O2)c(C)n(C)c1C. The number of hydrogen-bond acceptors (Lipinski definition) is 4. The first-order valence-electron chi connectivity index (χ1n) is 7.13. The first-order chi connectivity index (χ1) is 9.53. The van der Waals surface area contributed by atoms with E-state index < -0.39 is 18.3 Å². The molecular formula is C15H24BNO4. The number of hydrogen-bond donors (Lipinski definition) is 0. The van der Waals surface area contributed by atoms with Gasteiger partial charge in [-0.15, -0.1) is 0 Å². The highest BCUT2D eigenvalue weighted by Crippen LogP contribution is 2.37. The van der Waals surface area contributed by atoms with Gasteiger partial charge < -0.3 is 18.6 Å². The number of esters is 1. The molecule has 1 saturated heterocycles. The molecule has 0 aliphatic carbocycles. The van der Waals surface area contributed by atoms with Crippen molar-refractivity contribution in [2.75, 3.05) is 7.11 Å². The molecule has 5 nitrogen and oxygen atoms in total. The maximum atomic E-state index is 12.2. The highest BCUT2D eigenvalue weighted by Gasteiger charge is 2.53. The van der Waals surface area contributed by atoms with Gasteiger partial charge in [0, 0.05) is 23.9 Å². The molecule has 21 heavy (non-hydrogen) atoms. The maximum Gasteiger partial charge on any atom is 0.497 e. The quantitative estimate of drug-likeness (QED) is 0.615. The summed E-state index contributed by atoms with van der Waals surface area (Å²) in [5, 5.41) is 0. The van der Waals surface area contributed by atoms with Crippen molar-refractivity contribution >= 4 is 18.6 Å². The molecule has 0 bridgehead atoms. The summed E-state index contributed by atoms with van der Waals surface area (Å²) >= 11 is 0. The lowest BCUT2D eigenvalue weighted by atomic mass is 9.76. The molecule has 0 N–H and O–H groups in total. The minimum Gasteiger partial charge on any atom is -0.465 e. The van der Waals surface area contributed by atoms with Gasteiger partial charge in [-0.25, -0.2) is 4.79 Å². The van der Waals surface area contributed by atoms with Gasteiger partial charge in [-0.05, 0) is 41.5 Å². The van der Waals surface area contributed by atoms with Crippen LogP contribution < -0.4 is 5.46 Å². The van der Waals surface area contributed by atoms with Gasteiger partial charge in [0.05, 0.1) is 23.9 Å². The molecule has 116 valence electrons. The van der Waals surface area contributed by atoms with E-state index in [1.54, 1.807) is 0 Å². The monoisotopic (exact) mass is 293 g/mol. The summed E-state index contributed by atoms with van der Waals surface area (Å²) in [5.74, 6) is -0.360. The fourth-order valence-corrected chi connectivity index (χ4v) is 2.58. The average Bonchev–Trinajstić information content (AvgIpc) is 2.73. The molecule has 0 saturated carbocycles. The van der Waals surface area contributed by atoms with Gasteiger partial charge in [-0.1, -0.05) is 0 Å². The van der Waals surface area contributed by atoms with Gasteiger partial charge in [0.25, 0.3) is 0 Å². The number of rotatable bonds is 2. The second-order valence-electron chi connectivity index (χ2n) is 6.60. The van der Waals surface area contributed by atoms with Crippen LogP contribution in [0.4, 0.5) is 0 Å². The van der Waals surface area contributed by atoms with Crippen molar-refractivity contribution in [2.24, 2.45) is 7.05 Å². The van der Waals surface area contributed by atoms with E-state index in [9.17, 15) is 4.79 Å². The summed E-state index contributed by atoms with van der Waals surface area (Å²) in [6.45, 7) is 11.8. The standard InChI is InChI=1S/C15H24BNO4/c1-9-11(13(18)19-8)12(10(2)17(9)7)16-20-14(3,4)15(5,6)21-16/h1-8H3. The van der Waals surface area contributed by atoms with E-state index in [0.717, 1.165) is 16.9 Å². The molecule has 1 aromatic rings. The van der Waals surface area contributed by atoms with Gasteiger partial charge in [0.1, 0.15) is 0 Å². The van der Waals surface area contributed by atoms with E-state index in [0.29, 0.717) is 5.56 Å². The van der Waals surface area contributed by atoms with Gasteiger partial charge in [0.2, 0.25) is 0 Å². The molecule has 1 aliphatic rings. The van der Waals surface area contributed by atoms with Gasteiger partial charge in [-0.2, -0.15) is 0 Å². The third-order valence-corrected chi connectivity index (χ3v) is 4.91. The van der Waals surface area contributed by atoms with E-state index >= 15 is 0 Å². The third-order valence-electron chi connectivity index (χ3n) is 4.91. The van der Waals surface area contributed by atoms with Gasteiger partial charge >= 0.3 is 13.1 Å². The zero-order valence-electron chi connectivity index (χ0n) is 14.2. The van der Waals surface area contributed by atoms with Gasteiger partial charge in [0.15, 0.2) is 0 Å². The van der Waals surface area contributed by atoms with Crippen LogP contribution in [-0.2, 0) is 21.1 Å². The molecule has 0 atom stereocenters. The normalized spacial score (nSPS) is 19.9. The van der Waals surface area contributed by atoms with E-state index in [4.69, 9.17) is 14.0 Å². The molecule has 0 amide bonds. The lowest BCUT2D eigenvalue weighted by molar-refractivity contribution is 0.00578. The van der Waals surface area contributed by atoms with Crippen LogP contribution in [0.2, 0.25) is 0 Å². The fraction of sp³-hybridized carbons (Fsp3) is 0.667. The first-order valence-corrected chi connectivity index (χ1v) is 7.13. The van der Waals surface area contributed by atoms with E-state index in [1.165, 1.54) is 7.11 Å². The zero-order chi connectivity index (χ0) is 16.2. The van der Waals surface area contributed by atoms with Crippen molar-refractivity contribution in [3.05, 3.63) is 17.0 Å². The number of aromatic nitrogens is 1. The van der Waals surface area contributed by atoms with E-state index in [-0.39, 0.29) is 5.97 Å². The fourth-order valence-electron chi connectivity index (χ4n) is 2.58. The molecule has 2 rings (SSSR count). The van der Waals surface area contributed by atoms with Crippen LogP contribution in [0.25, 0.3) is 0 Å². The maximum absolute atomic E-state index is 12.2. The van der Waals surface area contributed by atoms with Crippen LogP contribution in [0.1, 0.15) is 49.4 Å². The van der Waals surface area contributed by atoms with Crippen LogP contribution in [0, 0.1) is 13.8 Å². The van der Waals surface area contributed by atoms with Crippen molar-refractivity contribution in [3.63, 3.8) is 0 Å². The summed E-state index contributed by atoms with van der Waals surface area (Å²) in [5.41, 5.74) is 2.22. The molecule has 1 fully saturated rings. The highest BCUT2D eigenvalue weighted by atomic mass is 16.7. The Kier molecular flexibility index (Phi) is 3.75. The Labute approximate surface area is 126 Å². The van der Waals surface area contributed by atoms with Crippen molar-refractivity contribution in [1.82, 2.24) is 4.57 Å². The van der Waals surface area contributed by atoms with E-state index in [2.05, 4.69) is 0 Å². The molecule has 1 aromatic heterocycles. The van der Waals surface area contributed by atoms with Crippen molar-refractivity contribution in [2.45, 2.75) is 52.7 Å². The molecule has 1 aliphatic heterocycles. The predicted octanol–water partition coefficient (Wildman–Crippen LogP) is 1.73. The lowest BCUT2D eigenvalue weighted by Crippen LogP contribution is -2.41. The smallest absolute Gasteiger partial charge is 0.465 e. The lowest BCUT2D eigenvalue weighted by Gasteiger charge is -2.32. The number of methoxy groups -OCH3 is 1. The highest BCUT2D eigenvalue weighted by molar-refractivity contribution is 6.64. The average molecular weight is 293 g/mol. The van der Waals surface area contributed by atoms with Crippen molar-refractivity contribution < 1.29 is 18.8 Å². The Balaban J connectivity index is 2.56. The second-order valence-corrected chi connectivity index (χ2v) is 6.60. The largest absolute Gasteiger partial charge is 0.497 e. The zero-order valence-corrected chi connectivity index (χ0v) is 14.2. The Bertz CT molecular complexity index is 573. The van der Waals surface area contributed by atoms with Crippen LogP contribution in [0.5, 0.6) is 0 Å². The Morgan fingerprint density at radius 2 is 1.57 bits per heavy atom. The Hall–Kier alpha value is -1.27. The molecule has 0 unspecified atom stereocenters. The van der Waals surface area contributed by atoms with Crippen molar-refractivity contribution in [1.29, 1.82) is 0 Å². The minimum atomic E-state index is -0.566. The third kappa shape index (κ3) is 2.30. The number of carbonyl (C=O) groups excluding carboxylic acids is 1. The number of nitrogens with zero attached hydrogens (tertiary/aromatic N) is 1. The molecular weight excluding hydrogens is 269 g/mol. The molecule has 2 heterocycles. The molecule has 0 radical (unpaired) electrons. The summed E-state index contributed by atoms with van der Waals surface area (Å²) in [6, 6.07) is 0. The van der Waals surface area contributed by atoms with Crippen LogP contribution in [-0.4, -0.2) is 36.0 Å². The summed E-state index contributed by atoms with van der Waals surface area (Å²) in [4.78, 5) is 12.2. The topological polar surface area (TPSA) is 49.7 Å². The Morgan fingerprint density at radius 1 is 1.10 bits per heavy atom. The molecule has 0 spiro atoms. The number of carbonyl (C=O) groups is 1. The van der Waals surface area contributed by atoms with Gasteiger partial charge in [-0.3, -0.25) is 0 Å². The molecule has 6 heteroatoms. The first kappa shape index (κ1) is 16.1. The number of ether oxygens (including phenoxy) is 1. The summed E-state index contributed by atoms with van der Waals surface area (Å²) in [7, 11) is 2.74. The van der Waals surface area contributed by atoms with Crippen LogP contribution in [0.15, 0.2) is 0 Å². The van der Waals surface area contributed by atoms with Crippen LogP contribution in [0.3, 0.4) is 0 Å². The summed E-state index contributed by atoms with van der Waals surface area (Å²) in [6.07, 6.45) is 0. The van der Waals surface area contributed by atoms with Crippen LogP contribution >= 0.6 is 0 Å². The second kappa shape index (κ2) is 4.88. The predicted molar refractivity (Wildman–Crippen MR) is 81.9 cm³/mol.